The van der Waals surface area contributed by atoms with Gasteiger partial charge in [0.25, 0.3) is 11.8 Å². The summed E-state index contributed by atoms with van der Waals surface area (Å²) >= 11 is 0. The Morgan fingerprint density at radius 3 is 2.77 bits per heavy atom. The fourth-order valence-electron chi connectivity index (χ4n) is 3.60. The van der Waals surface area contributed by atoms with E-state index in [1.54, 1.807) is 10.7 Å². The lowest BCUT2D eigenvalue weighted by atomic mass is 10.1. The number of nitrogens with one attached hydrogen (secondary N) is 2. The second-order valence-electron chi connectivity index (χ2n) is 7.99. The minimum atomic E-state index is -0.368. The third-order valence-corrected chi connectivity index (χ3v) is 5.52. The Morgan fingerprint density at radius 1 is 1.20 bits per heavy atom. The lowest BCUT2D eigenvalue weighted by Gasteiger charge is -2.21. The zero-order valence-electron chi connectivity index (χ0n) is 17.2. The van der Waals surface area contributed by atoms with Crippen LogP contribution in [0.5, 0.6) is 0 Å². The summed E-state index contributed by atoms with van der Waals surface area (Å²) in [5.41, 5.74) is 2.89. The quantitative estimate of drug-likeness (QED) is 0.727. The third kappa shape index (κ3) is 4.69. The first-order chi connectivity index (χ1) is 14.5. The molecule has 4 rings (SSSR count). The predicted molar refractivity (Wildman–Crippen MR) is 111 cm³/mol. The summed E-state index contributed by atoms with van der Waals surface area (Å²) in [7, 11) is 0. The molecular formula is C22H27N5O3. The molecule has 0 spiro atoms. The molecular weight excluding hydrogens is 382 g/mol. The molecule has 8 heteroatoms. The van der Waals surface area contributed by atoms with E-state index in [4.69, 9.17) is 0 Å². The van der Waals surface area contributed by atoms with E-state index in [1.807, 2.05) is 36.1 Å². The van der Waals surface area contributed by atoms with Gasteiger partial charge in [-0.05, 0) is 37.3 Å². The zero-order chi connectivity index (χ0) is 21.1. The van der Waals surface area contributed by atoms with Gasteiger partial charge in [-0.1, -0.05) is 24.3 Å². The van der Waals surface area contributed by atoms with Crippen molar-refractivity contribution in [2.45, 2.75) is 51.7 Å². The molecule has 1 fully saturated rings. The summed E-state index contributed by atoms with van der Waals surface area (Å²) in [5, 5.41) is 9.94. The Hall–Kier alpha value is -3.16. The number of fused-ring (bicyclic) bond motifs is 1. The summed E-state index contributed by atoms with van der Waals surface area (Å²) in [6.45, 7) is 4.05. The maximum absolute atomic E-state index is 13.1. The summed E-state index contributed by atoms with van der Waals surface area (Å²) < 4.78 is 1.62. The van der Waals surface area contributed by atoms with Crippen LogP contribution in [0.15, 0.2) is 30.3 Å². The molecule has 1 aliphatic carbocycles. The van der Waals surface area contributed by atoms with Crippen molar-refractivity contribution >= 4 is 17.7 Å². The SMILES string of the molecule is Cc1ccccc1CN1CCCn2nc(C(=O)NCCC(=O)NC3CC3)cc2C1=O. The summed E-state index contributed by atoms with van der Waals surface area (Å²) in [5.74, 6) is -0.542. The van der Waals surface area contributed by atoms with Crippen LogP contribution in [-0.2, 0) is 17.9 Å². The molecule has 2 heterocycles. The standard InChI is InChI=1S/C22H27N5O3/c1-15-5-2-3-6-16(15)14-26-11-4-12-27-19(22(26)30)13-18(25-27)21(29)23-10-9-20(28)24-17-7-8-17/h2-3,5-6,13,17H,4,7-12,14H2,1H3,(H,23,29)(H,24,28). The van der Waals surface area contributed by atoms with Crippen LogP contribution < -0.4 is 10.6 Å². The molecule has 0 bridgehead atoms. The molecule has 2 aliphatic rings. The van der Waals surface area contributed by atoms with E-state index in [1.165, 1.54) is 0 Å². The summed E-state index contributed by atoms with van der Waals surface area (Å²) in [6.07, 6.45) is 3.08. The number of aromatic nitrogens is 2. The van der Waals surface area contributed by atoms with Crippen molar-refractivity contribution < 1.29 is 14.4 Å². The highest BCUT2D eigenvalue weighted by atomic mass is 16.2. The number of hydrogen-bond donors (Lipinski definition) is 2. The highest BCUT2D eigenvalue weighted by molar-refractivity contribution is 5.98. The van der Waals surface area contributed by atoms with E-state index in [2.05, 4.69) is 15.7 Å². The highest BCUT2D eigenvalue weighted by Crippen LogP contribution is 2.19. The number of amides is 3. The van der Waals surface area contributed by atoms with Crippen molar-refractivity contribution in [2.24, 2.45) is 0 Å². The Labute approximate surface area is 175 Å². The van der Waals surface area contributed by atoms with E-state index in [9.17, 15) is 14.4 Å². The van der Waals surface area contributed by atoms with Crippen LogP contribution in [0, 0.1) is 6.92 Å². The molecule has 0 radical (unpaired) electrons. The van der Waals surface area contributed by atoms with Gasteiger partial charge >= 0.3 is 0 Å². The van der Waals surface area contributed by atoms with Gasteiger partial charge in [-0.2, -0.15) is 5.10 Å². The first-order valence-electron chi connectivity index (χ1n) is 10.5. The lowest BCUT2D eigenvalue weighted by Crippen LogP contribution is -2.32. The first kappa shape index (κ1) is 20.1. The smallest absolute Gasteiger partial charge is 0.272 e. The van der Waals surface area contributed by atoms with E-state index in [0.717, 1.165) is 30.4 Å². The number of benzene rings is 1. The van der Waals surface area contributed by atoms with Crippen LogP contribution in [0.2, 0.25) is 0 Å². The molecule has 2 N–H and O–H groups in total. The van der Waals surface area contributed by atoms with Crippen LogP contribution in [-0.4, -0.2) is 51.5 Å². The maximum atomic E-state index is 13.1. The molecule has 1 aromatic heterocycles. The monoisotopic (exact) mass is 409 g/mol. The number of carbonyl (C=O) groups is 3. The van der Waals surface area contributed by atoms with Crippen molar-refractivity contribution in [3.05, 3.63) is 52.8 Å². The molecule has 158 valence electrons. The maximum Gasteiger partial charge on any atom is 0.272 e. The van der Waals surface area contributed by atoms with Gasteiger partial charge in [-0.15, -0.1) is 0 Å². The summed E-state index contributed by atoms with van der Waals surface area (Å²) in [4.78, 5) is 39.1. The fraction of sp³-hybridized carbons (Fsp3) is 0.455. The van der Waals surface area contributed by atoms with Gasteiger partial charge in [-0.3, -0.25) is 19.1 Å². The molecule has 30 heavy (non-hydrogen) atoms. The predicted octanol–water partition coefficient (Wildman–Crippen LogP) is 1.64. The van der Waals surface area contributed by atoms with E-state index in [0.29, 0.717) is 31.4 Å². The Kier molecular flexibility index (Phi) is 5.83. The molecule has 8 nitrogen and oxygen atoms in total. The largest absolute Gasteiger partial charge is 0.353 e. The third-order valence-electron chi connectivity index (χ3n) is 5.52. The number of aryl methyl sites for hydroxylation is 2. The number of nitrogens with zero attached hydrogens (tertiary/aromatic N) is 3. The average molecular weight is 409 g/mol. The summed E-state index contributed by atoms with van der Waals surface area (Å²) in [6, 6.07) is 9.89. The first-order valence-corrected chi connectivity index (χ1v) is 10.5. The van der Waals surface area contributed by atoms with Crippen LogP contribution in [0.4, 0.5) is 0 Å². The van der Waals surface area contributed by atoms with E-state index in [-0.39, 0.29) is 36.4 Å². The second-order valence-corrected chi connectivity index (χ2v) is 7.99. The normalized spacial score (nSPS) is 16.0. The Bertz CT molecular complexity index is 963. The minimum absolute atomic E-state index is 0.0551. The van der Waals surface area contributed by atoms with Gasteiger partial charge in [0.2, 0.25) is 5.91 Å². The van der Waals surface area contributed by atoms with Gasteiger partial charge < -0.3 is 15.5 Å². The molecule has 0 saturated heterocycles. The Morgan fingerprint density at radius 2 is 2.00 bits per heavy atom. The van der Waals surface area contributed by atoms with Crippen molar-refractivity contribution in [2.75, 3.05) is 13.1 Å². The molecule has 0 unspecified atom stereocenters. The van der Waals surface area contributed by atoms with Gasteiger partial charge in [-0.25, -0.2) is 0 Å². The van der Waals surface area contributed by atoms with Crippen LogP contribution >= 0.6 is 0 Å². The van der Waals surface area contributed by atoms with E-state index >= 15 is 0 Å². The minimum Gasteiger partial charge on any atom is -0.353 e. The molecule has 1 aromatic carbocycles. The zero-order valence-corrected chi connectivity index (χ0v) is 17.2. The van der Waals surface area contributed by atoms with E-state index < -0.39 is 0 Å². The topological polar surface area (TPSA) is 96.3 Å². The van der Waals surface area contributed by atoms with Gasteiger partial charge in [0.05, 0.1) is 0 Å². The van der Waals surface area contributed by atoms with Crippen LogP contribution in [0.25, 0.3) is 0 Å². The average Bonchev–Trinajstić information content (AvgIpc) is 3.45. The van der Waals surface area contributed by atoms with Crippen molar-refractivity contribution in [1.29, 1.82) is 0 Å². The molecule has 1 saturated carbocycles. The second kappa shape index (κ2) is 8.69. The lowest BCUT2D eigenvalue weighted by molar-refractivity contribution is -0.121. The van der Waals surface area contributed by atoms with Gasteiger partial charge in [0, 0.05) is 44.7 Å². The van der Waals surface area contributed by atoms with Gasteiger partial charge in [0.15, 0.2) is 5.69 Å². The van der Waals surface area contributed by atoms with Crippen molar-refractivity contribution in [1.82, 2.24) is 25.3 Å². The number of rotatable bonds is 7. The van der Waals surface area contributed by atoms with Crippen LogP contribution in [0.1, 0.15) is 57.8 Å². The number of hydrogen-bond acceptors (Lipinski definition) is 4. The molecule has 3 amide bonds. The van der Waals surface area contributed by atoms with Crippen molar-refractivity contribution in [3.63, 3.8) is 0 Å². The molecule has 0 atom stereocenters. The Balaban J connectivity index is 1.38. The highest BCUT2D eigenvalue weighted by Gasteiger charge is 2.27. The van der Waals surface area contributed by atoms with Crippen LogP contribution in [0.3, 0.4) is 0 Å². The number of carbonyl (C=O) groups excluding carboxylic acids is 3. The van der Waals surface area contributed by atoms with Crippen molar-refractivity contribution in [3.8, 4) is 0 Å². The fourth-order valence-corrected chi connectivity index (χ4v) is 3.60. The van der Waals surface area contributed by atoms with Gasteiger partial charge in [0.1, 0.15) is 5.69 Å². The molecule has 2 aromatic rings. The molecule has 1 aliphatic heterocycles.